The molecule has 8 heteroatoms. The second-order valence-corrected chi connectivity index (χ2v) is 4.36. The Kier molecular flexibility index (Phi) is 1.81. The molecule has 0 aliphatic heterocycles. The van der Waals surface area contributed by atoms with Crippen LogP contribution in [0.1, 0.15) is 0 Å². The summed E-state index contributed by atoms with van der Waals surface area (Å²) in [5, 5.41) is 13.6. The summed E-state index contributed by atoms with van der Waals surface area (Å²) in [6, 6.07) is 0. The minimum Gasteiger partial charge on any atom is -0.275 e. The van der Waals surface area contributed by atoms with Crippen LogP contribution in [0.2, 0.25) is 0 Å². The van der Waals surface area contributed by atoms with Crippen LogP contribution < -0.4 is 0 Å². The lowest BCUT2D eigenvalue weighted by molar-refractivity contribution is 0.768. The molecule has 0 amide bonds. The molecule has 4 heterocycles. The first kappa shape index (κ1) is 10.2. The normalized spacial score (nSPS) is 11.7. The van der Waals surface area contributed by atoms with Crippen molar-refractivity contribution in [3.05, 3.63) is 24.9 Å². The zero-order valence-corrected chi connectivity index (χ0v) is 10.4. The average Bonchev–Trinajstić information content (AvgIpc) is 3.06. The van der Waals surface area contributed by atoms with Gasteiger partial charge in [-0.05, 0) is 0 Å². The summed E-state index contributed by atoms with van der Waals surface area (Å²) in [6.07, 6.45) is 7.01. The van der Waals surface area contributed by atoms with Gasteiger partial charge in [0.25, 0.3) is 0 Å². The van der Waals surface area contributed by atoms with E-state index in [2.05, 4.69) is 25.3 Å². The standard InChI is InChI=1S/C11H10N8/c1-17-5-7(3-13-17)9-15-11-8-4-14-18(2)10(8)12-6-19(11)16-9/h3-6H,1-2H3. The highest BCUT2D eigenvalue weighted by Gasteiger charge is 2.13. The van der Waals surface area contributed by atoms with Gasteiger partial charge in [0.15, 0.2) is 17.1 Å². The number of nitrogens with zero attached hydrogens (tertiary/aromatic N) is 8. The summed E-state index contributed by atoms with van der Waals surface area (Å²) in [7, 11) is 3.71. The molecule has 4 aromatic heterocycles. The summed E-state index contributed by atoms with van der Waals surface area (Å²) < 4.78 is 5.10. The molecule has 0 N–H and O–H groups in total. The van der Waals surface area contributed by atoms with Crippen molar-refractivity contribution in [2.75, 3.05) is 0 Å². The van der Waals surface area contributed by atoms with Gasteiger partial charge < -0.3 is 0 Å². The fraction of sp³-hybridized carbons (Fsp3) is 0.182. The molecule has 0 saturated carbocycles. The van der Waals surface area contributed by atoms with Gasteiger partial charge in [-0.15, -0.1) is 5.10 Å². The van der Waals surface area contributed by atoms with Crippen molar-refractivity contribution in [2.45, 2.75) is 0 Å². The van der Waals surface area contributed by atoms with Crippen LogP contribution in [0.15, 0.2) is 24.9 Å². The number of aromatic nitrogens is 8. The molecule has 0 spiro atoms. The third kappa shape index (κ3) is 1.36. The minimum atomic E-state index is 0.631. The van der Waals surface area contributed by atoms with E-state index >= 15 is 0 Å². The van der Waals surface area contributed by atoms with Gasteiger partial charge >= 0.3 is 0 Å². The molecular formula is C11H10N8. The zero-order chi connectivity index (χ0) is 13.0. The van der Waals surface area contributed by atoms with Gasteiger partial charge in [-0.25, -0.2) is 14.5 Å². The van der Waals surface area contributed by atoms with Crippen LogP contribution in [-0.2, 0) is 14.1 Å². The molecule has 19 heavy (non-hydrogen) atoms. The van der Waals surface area contributed by atoms with E-state index in [0.29, 0.717) is 5.82 Å². The Balaban J connectivity index is 2.03. The van der Waals surface area contributed by atoms with Crippen LogP contribution in [0, 0.1) is 0 Å². The fourth-order valence-corrected chi connectivity index (χ4v) is 2.10. The third-order valence-electron chi connectivity index (χ3n) is 3.03. The number of hydrogen-bond acceptors (Lipinski definition) is 5. The maximum atomic E-state index is 4.54. The molecule has 0 bridgehead atoms. The molecule has 0 radical (unpaired) electrons. The van der Waals surface area contributed by atoms with Crippen LogP contribution in [0.25, 0.3) is 28.1 Å². The maximum Gasteiger partial charge on any atom is 0.185 e. The lowest BCUT2D eigenvalue weighted by Crippen LogP contribution is -1.94. The van der Waals surface area contributed by atoms with Crippen LogP contribution in [0.4, 0.5) is 0 Å². The minimum absolute atomic E-state index is 0.631. The average molecular weight is 254 g/mol. The molecule has 4 aromatic rings. The first-order valence-corrected chi connectivity index (χ1v) is 5.74. The van der Waals surface area contributed by atoms with E-state index in [4.69, 9.17) is 0 Å². The Bertz CT molecular complexity index is 896. The third-order valence-corrected chi connectivity index (χ3v) is 3.03. The molecule has 0 saturated heterocycles. The van der Waals surface area contributed by atoms with E-state index in [0.717, 1.165) is 22.2 Å². The van der Waals surface area contributed by atoms with Crippen LogP contribution in [0.3, 0.4) is 0 Å². The van der Waals surface area contributed by atoms with Crippen molar-refractivity contribution < 1.29 is 0 Å². The molecule has 0 unspecified atom stereocenters. The molecule has 0 aliphatic rings. The second-order valence-electron chi connectivity index (χ2n) is 4.36. The van der Waals surface area contributed by atoms with E-state index < -0.39 is 0 Å². The van der Waals surface area contributed by atoms with E-state index in [1.54, 1.807) is 32.6 Å². The SMILES string of the molecule is Cn1cc(-c2nc3c4cnn(C)c4ncn3n2)cn1. The van der Waals surface area contributed by atoms with Crippen molar-refractivity contribution >= 4 is 16.7 Å². The predicted octanol–water partition coefficient (Wildman–Crippen LogP) is 0.411. The van der Waals surface area contributed by atoms with Crippen molar-refractivity contribution in [3.63, 3.8) is 0 Å². The Morgan fingerprint density at radius 3 is 2.74 bits per heavy atom. The Morgan fingerprint density at radius 2 is 1.95 bits per heavy atom. The highest BCUT2D eigenvalue weighted by molar-refractivity contribution is 5.88. The summed E-state index contributed by atoms with van der Waals surface area (Å²) in [4.78, 5) is 8.86. The Morgan fingerprint density at radius 1 is 1.05 bits per heavy atom. The topological polar surface area (TPSA) is 78.7 Å². The molecule has 8 nitrogen and oxygen atoms in total. The van der Waals surface area contributed by atoms with Gasteiger partial charge in [0.2, 0.25) is 0 Å². The van der Waals surface area contributed by atoms with Crippen molar-refractivity contribution in [1.29, 1.82) is 0 Å². The molecule has 0 aliphatic carbocycles. The molecule has 4 rings (SSSR count). The van der Waals surface area contributed by atoms with Gasteiger partial charge in [-0.2, -0.15) is 10.2 Å². The van der Waals surface area contributed by atoms with Crippen LogP contribution in [0.5, 0.6) is 0 Å². The number of rotatable bonds is 1. The highest BCUT2D eigenvalue weighted by atomic mass is 15.3. The largest absolute Gasteiger partial charge is 0.275 e. The summed E-state index contributed by atoms with van der Waals surface area (Å²) in [5.74, 6) is 0.631. The highest BCUT2D eigenvalue weighted by Crippen LogP contribution is 2.19. The van der Waals surface area contributed by atoms with Gasteiger partial charge in [0.1, 0.15) is 6.33 Å². The summed E-state index contributed by atoms with van der Waals surface area (Å²) >= 11 is 0. The fourth-order valence-electron chi connectivity index (χ4n) is 2.10. The van der Waals surface area contributed by atoms with E-state index in [1.807, 2.05) is 20.3 Å². The second kappa shape index (κ2) is 3.37. The number of fused-ring (bicyclic) bond motifs is 3. The molecule has 0 atom stereocenters. The molecule has 0 fully saturated rings. The van der Waals surface area contributed by atoms with Gasteiger partial charge in [0.05, 0.1) is 23.3 Å². The number of aryl methyl sites for hydroxylation is 2. The Hall–Kier alpha value is -2.77. The van der Waals surface area contributed by atoms with Gasteiger partial charge in [-0.3, -0.25) is 9.36 Å². The van der Waals surface area contributed by atoms with E-state index in [9.17, 15) is 0 Å². The van der Waals surface area contributed by atoms with Gasteiger partial charge in [0, 0.05) is 20.3 Å². The van der Waals surface area contributed by atoms with Crippen molar-refractivity contribution in [2.24, 2.45) is 14.1 Å². The molecule has 94 valence electrons. The monoisotopic (exact) mass is 254 g/mol. The van der Waals surface area contributed by atoms with Crippen molar-refractivity contribution in [1.82, 2.24) is 39.1 Å². The molecule has 0 aromatic carbocycles. The lowest BCUT2D eigenvalue weighted by Gasteiger charge is -1.93. The molecular weight excluding hydrogens is 244 g/mol. The summed E-state index contributed by atoms with van der Waals surface area (Å²) in [6.45, 7) is 0. The summed E-state index contributed by atoms with van der Waals surface area (Å²) in [5.41, 5.74) is 2.41. The Labute approximate surface area is 107 Å². The first-order valence-electron chi connectivity index (χ1n) is 5.74. The van der Waals surface area contributed by atoms with Crippen molar-refractivity contribution in [3.8, 4) is 11.4 Å². The zero-order valence-electron chi connectivity index (χ0n) is 10.4. The lowest BCUT2D eigenvalue weighted by atomic mass is 10.3. The first-order chi connectivity index (χ1) is 9.22. The van der Waals surface area contributed by atoms with Gasteiger partial charge in [-0.1, -0.05) is 0 Å². The smallest absolute Gasteiger partial charge is 0.185 e. The van der Waals surface area contributed by atoms with Crippen LogP contribution >= 0.6 is 0 Å². The predicted molar refractivity (Wildman–Crippen MR) is 67.3 cm³/mol. The maximum absolute atomic E-state index is 4.54. The van der Waals surface area contributed by atoms with E-state index in [-0.39, 0.29) is 0 Å². The van der Waals surface area contributed by atoms with E-state index in [1.165, 1.54) is 0 Å². The number of hydrogen-bond donors (Lipinski definition) is 0. The van der Waals surface area contributed by atoms with Crippen LogP contribution in [-0.4, -0.2) is 39.1 Å². The quantitative estimate of drug-likeness (QED) is 0.491.